The molecule has 0 unspecified atom stereocenters. The van der Waals surface area contributed by atoms with Gasteiger partial charge in [-0.1, -0.05) is 32.0 Å². The van der Waals surface area contributed by atoms with Crippen LogP contribution in [-0.2, 0) is 19.6 Å². The maximum Gasteiger partial charge on any atom is 0.243 e. The van der Waals surface area contributed by atoms with E-state index in [0.29, 0.717) is 56.3 Å². The Bertz CT molecular complexity index is 825. The molecule has 0 spiro atoms. The molecule has 1 aromatic rings. The Morgan fingerprint density at radius 3 is 2.17 bits per heavy atom. The predicted octanol–water partition coefficient (Wildman–Crippen LogP) is 2.24. The average Bonchev–Trinajstić information content (AvgIpc) is 2.74. The van der Waals surface area contributed by atoms with Crippen molar-refractivity contribution in [2.24, 2.45) is 11.8 Å². The van der Waals surface area contributed by atoms with E-state index in [1.165, 1.54) is 4.31 Å². The largest absolute Gasteiger partial charge is 0.353 e. The molecule has 166 valence electrons. The molecule has 2 aliphatic heterocycles. The number of likely N-dealkylation sites (tertiary alicyclic amines) is 1. The van der Waals surface area contributed by atoms with E-state index in [9.17, 15) is 18.0 Å². The summed E-state index contributed by atoms with van der Waals surface area (Å²) in [6, 6.07) is 8.52. The van der Waals surface area contributed by atoms with E-state index in [1.54, 1.807) is 30.3 Å². The monoisotopic (exact) mass is 435 g/mol. The summed E-state index contributed by atoms with van der Waals surface area (Å²) in [6.07, 6.45) is 3.18. The van der Waals surface area contributed by atoms with Crippen molar-refractivity contribution in [2.45, 2.75) is 56.9 Å². The highest BCUT2D eigenvalue weighted by molar-refractivity contribution is 7.89. The smallest absolute Gasteiger partial charge is 0.243 e. The number of hydrogen-bond acceptors (Lipinski definition) is 4. The number of nitrogens with zero attached hydrogens (tertiary/aromatic N) is 2. The molecular weight excluding hydrogens is 402 g/mol. The first-order valence-corrected chi connectivity index (χ1v) is 12.3. The van der Waals surface area contributed by atoms with Gasteiger partial charge in [0.05, 0.1) is 4.90 Å². The van der Waals surface area contributed by atoms with Gasteiger partial charge in [-0.05, 0) is 43.7 Å². The molecule has 0 bridgehead atoms. The Kier molecular flexibility index (Phi) is 7.52. The van der Waals surface area contributed by atoms with Gasteiger partial charge in [0, 0.05) is 44.6 Å². The number of piperidine rings is 2. The van der Waals surface area contributed by atoms with Crippen molar-refractivity contribution in [3.05, 3.63) is 30.3 Å². The maximum atomic E-state index is 12.7. The van der Waals surface area contributed by atoms with Crippen LogP contribution in [0.5, 0.6) is 0 Å². The number of hydrogen-bond donors (Lipinski definition) is 1. The van der Waals surface area contributed by atoms with Gasteiger partial charge in [-0.3, -0.25) is 9.59 Å². The lowest BCUT2D eigenvalue weighted by atomic mass is 9.95. The summed E-state index contributed by atoms with van der Waals surface area (Å²) in [7, 11) is -3.50. The summed E-state index contributed by atoms with van der Waals surface area (Å²) >= 11 is 0. The second-order valence-corrected chi connectivity index (χ2v) is 10.7. The molecule has 2 aliphatic rings. The zero-order valence-electron chi connectivity index (χ0n) is 17.9. The third-order valence-electron chi connectivity index (χ3n) is 5.98. The Morgan fingerprint density at radius 2 is 1.60 bits per heavy atom. The maximum absolute atomic E-state index is 12.7. The van der Waals surface area contributed by atoms with Gasteiger partial charge in [-0.15, -0.1) is 0 Å². The number of rotatable bonds is 6. The van der Waals surface area contributed by atoms with E-state index in [0.717, 1.165) is 12.8 Å². The van der Waals surface area contributed by atoms with Gasteiger partial charge in [-0.25, -0.2) is 8.42 Å². The van der Waals surface area contributed by atoms with Crippen LogP contribution in [0.15, 0.2) is 35.2 Å². The first-order chi connectivity index (χ1) is 14.3. The number of sulfonamides is 1. The van der Waals surface area contributed by atoms with Gasteiger partial charge in [0.1, 0.15) is 0 Å². The first kappa shape index (κ1) is 22.7. The van der Waals surface area contributed by atoms with Gasteiger partial charge in [-0.2, -0.15) is 4.31 Å². The molecule has 0 aliphatic carbocycles. The van der Waals surface area contributed by atoms with Crippen LogP contribution in [0.3, 0.4) is 0 Å². The average molecular weight is 436 g/mol. The summed E-state index contributed by atoms with van der Waals surface area (Å²) in [4.78, 5) is 27.1. The predicted molar refractivity (Wildman–Crippen MR) is 115 cm³/mol. The van der Waals surface area contributed by atoms with Gasteiger partial charge < -0.3 is 10.2 Å². The SMILES string of the molecule is CC(C)CC(=O)N1CCC(NC(=O)C2CCN(S(=O)(=O)c3ccccc3)CC2)CC1. The number of benzene rings is 1. The molecule has 2 heterocycles. The topological polar surface area (TPSA) is 86.8 Å². The van der Waals surface area contributed by atoms with E-state index in [-0.39, 0.29) is 23.8 Å². The number of carbonyl (C=O) groups is 2. The van der Waals surface area contributed by atoms with Crippen LogP contribution in [0, 0.1) is 11.8 Å². The van der Waals surface area contributed by atoms with Crippen molar-refractivity contribution in [2.75, 3.05) is 26.2 Å². The molecule has 7 nitrogen and oxygen atoms in total. The molecule has 1 N–H and O–H groups in total. The van der Waals surface area contributed by atoms with Crippen molar-refractivity contribution in [1.82, 2.24) is 14.5 Å². The van der Waals surface area contributed by atoms with E-state index >= 15 is 0 Å². The lowest BCUT2D eigenvalue weighted by molar-refractivity contribution is -0.133. The van der Waals surface area contributed by atoms with Crippen molar-refractivity contribution in [3.63, 3.8) is 0 Å². The van der Waals surface area contributed by atoms with E-state index < -0.39 is 10.0 Å². The number of nitrogens with one attached hydrogen (secondary N) is 1. The van der Waals surface area contributed by atoms with Crippen molar-refractivity contribution >= 4 is 21.8 Å². The molecule has 2 saturated heterocycles. The highest BCUT2D eigenvalue weighted by atomic mass is 32.2. The molecule has 2 amide bonds. The second-order valence-electron chi connectivity index (χ2n) is 8.75. The quantitative estimate of drug-likeness (QED) is 0.742. The van der Waals surface area contributed by atoms with Crippen LogP contribution in [-0.4, -0.2) is 61.7 Å². The van der Waals surface area contributed by atoms with Crippen LogP contribution < -0.4 is 5.32 Å². The zero-order valence-corrected chi connectivity index (χ0v) is 18.7. The van der Waals surface area contributed by atoms with E-state index in [2.05, 4.69) is 5.32 Å². The first-order valence-electron chi connectivity index (χ1n) is 10.9. The summed E-state index contributed by atoms with van der Waals surface area (Å²) in [5, 5.41) is 3.13. The number of amides is 2. The molecule has 8 heteroatoms. The van der Waals surface area contributed by atoms with E-state index in [4.69, 9.17) is 0 Å². The summed E-state index contributed by atoms with van der Waals surface area (Å²) in [5.74, 6) is 0.403. The minimum Gasteiger partial charge on any atom is -0.353 e. The minimum absolute atomic E-state index is 0.0127. The molecular formula is C22H33N3O4S. The summed E-state index contributed by atoms with van der Waals surface area (Å²) in [5.41, 5.74) is 0. The van der Waals surface area contributed by atoms with Crippen LogP contribution in [0.25, 0.3) is 0 Å². The minimum atomic E-state index is -3.50. The Morgan fingerprint density at radius 1 is 1.00 bits per heavy atom. The lowest BCUT2D eigenvalue weighted by Crippen LogP contribution is -2.49. The molecule has 30 heavy (non-hydrogen) atoms. The van der Waals surface area contributed by atoms with Gasteiger partial charge in [0.2, 0.25) is 21.8 Å². The summed E-state index contributed by atoms with van der Waals surface area (Å²) in [6.45, 7) is 6.17. The molecule has 3 rings (SSSR count). The highest BCUT2D eigenvalue weighted by Crippen LogP contribution is 2.24. The fourth-order valence-electron chi connectivity index (χ4n) is 4.17. The zero-order chi connectivity index (χ0) is 21.7. The molecule has 0 atom stereocenters. The van der Waals surface area contributed by atoms with Crippen LogP contribution in [0.2, 0.25) is 0 Å². The third-order valence-corrected chi connectivity index (χ3v) is 7.90. The van der Waals surface area contributed by atoms with Crippen LogP contribution in [0.1, 0.15) is 46.0 Å². The summed E-state index contributed by atoms with van der Waals surface area (Å²) < 4.78 is 26.9. The molecule has 2 fully saturated rings. The molecule has 0 saturated carbocycles. The van der Waals surface area contributed by atoms with Crippen molar-refractivity contribution in [3.8, 4) is 0 Å². The fraction of sp³-hybridized carbons (Fsp3) is 0.636. The van der Waals surface area contributed by atoms with Gasteiger partial charge >= 0.3 is 0 Å². The highest BCUT2D eigenvalue weighted by Gasteiger charge is 2.33. The van der Waals surface area contributed by atoms with E-state index in [1.807, 2.05) is 18.7 Å². The fourth-order valence-corrected chi connectivity index (χ4v) is 5.66. The Hall–Kier alpha value is -1.93. The normalized spacial score (nSPS) is 19.8. The van der Waals surface area contributed by atoms with Crippen LogP contribution >= 0.6 is 0 Å². The Labute approximate surface area is 179 Å². The molecule has 1 aromatic carbocycles. The molecule has 0 radical (unpaired) electrons. The lowest BCUT2D eigenvalue weighted by Gasteiger charge is -2.35. The van der Waals surface area contributed by atoms with Crippen molar-refractivity contribution < 1.29 is 18.0 Å². The number of carbonyl (C=O) groups excluding carboxylic acids is 2. The van der Waals surface area contributed by atoms with Crippen molar-refractivity contribution in [1.29, 1.82) is 0 Å². The second kappa shape index (κ2) is 9.92. The van der Waals surface area contributed by atoms with Gasteiger partial charge in [0.15, 0.2) is 0 Å². The van der Waals surface area contributed by atoms with Crippen LogP contribution in [0.4, 0.5) is 0 Å². The van der Waals surface area contributed by atoms with Gasteiger partial charge in [0.25, 0.3) is 0 Å². The third kappa shape index (κ3) is 5.60. The standard InChI is InChI=1S/C22H33N3O4S/c1-17(2)16-21(26)24-12-10-19(11-13-24)23-22(27)18-8-14-25(15-9-18)30(28,29)20-6-4-3-5-7-20/h3-7,17-19H,8-16H2,1-2H3,(H,23,27). The Balaban J connectivity index is 1.45. The molecule has 0 aromatic heterocycles.